The van der Waals surface area contributed by atoms with Crippen molar-refractivity contribution in [1.29, 1.82) is 0 Å². The third-order valence-electron chi connectivity index (χ3n) is 2.01. The van der Waals surface area contributed by atoms with Gasteiger partial charge in [-0.15, -0.1) is 0 Å². The van der Waals surface area contributed by atoms with E-state index < -0.39 is 12.5 Å². The molecule has 0 saturated heterocycles. The number of halogens is 2. The Labute approximate surface area is 87.5 Å². The number of nitrogens with one attached hydrogen (secondary N) is 1. The Balaban J connectivity index is 2.44. The number of ether oxygens (including phenoxy) is 1. The van der Waals surface area contributed by atoms with Crippen molar-refractivity contribution in [1.82, 2.24) is 10.3 Å². The maximum Gasteiger partial charge on any atom is 0.253 e. The van der Waals surface area contributed by atoms with E-state index in [1.54, 1.807) is 18.3 Å². The summed E-state index contributed by atoms with van der Waals surface area (Å²) in [5.74, 6) is 0.514. The van der Waals surface area contributed by atoms with Gasteiger partial charge in [-0.2, -0.15) is 0 Å². The molecule has 0 radical (unpaired) electrons. The van der Waals surface area contributed by atoms with Crippen molar-refractivity contribution in [2.45, 2.75) is 25.9 Å². The van der Waals surface area contributed by atoms with Crippen molar-refractivity contribution in [3.05, 3.63) is 23.9 Å². The molecule has 1 N–H and O–H groups in total. The van der Waals surface area contributed by atoms with Gasteiger partial charge in [-0.3, -0.25) is 0 Å². The van der Waals surface area contributed by atoms with E-state index in [1.165, 1.54) is 14.0 Å². The van der Waals surface area contributed by atoms with Gasteiger partial charge in [-0.1, -0.05) is 6.07 Å². The molecule has 0 bridgehead atoms. The highest BCUT2D eigenvalue weighted by Crippen LogP contribution is 2.07. The first-order valence-electron chi connectivity index (χ1n) is 4.64. The average Bonchev–Trinajstić information content (AvgIpc) is 2.26. The monoisotopic (exact) mass is 216 g/mol. The molecule has 0 aromatic carbocycles. The number of hydrogen-bond donors (Lipinski definition) is 1. The zero-order valence-electron chi connectivity index (χ0n) is 8.71. The first kappa shape index (κ1) is 11.8. The van der Waals surface area contributed by atoms with Crippen molar-refractivity contribution in [3.63, 3.8) is 0 Å². The van der Waals surface area contributed by atoms with Crippen molar-refractivity contribution < 1.29 is 13.5 Å². The number of alkyl halides is 2. The van der Waals surface area contributed by atoms with E-state index in [0.29, 0.717) is 12.4 Å². The molecule has 1 unspecified atom stereocenters. The predicted molar refractivity (Wildman–Crippen MR) is 53.1 cm³/mol. The van der Waals surface area contributed by atoms with E-state index in [0.717, 1.165) is 5.56 Å². The molecule has 0 spiro atoms. The normalized spacial score (nSPS) is 12.9. The molecule has 1 rings (SSSR count). The molecule has 15 heavy (non-hydrogen) atoms. The molecule has 5 heteroatoms. The van der Waals surface area contributed by atoms with E-state index in [4.69, 9.17) is 4.74 Å². The first-order valence-corrected chi connectivity index (χ1v) is 4.64. The van der Waals surface area contributed by atoms with Crippen LogP contribution < -0.4 is 10.1 Å². The van der Waals surface area contributed by atoms with Gasteiger partial charge in [0.05, 0.1) is 13.2 Å². The highest BCUT2D eigenvalue weighted by Gasteiger charge is 2.12. The summed E-state index contributed by atoms with van der Waals surface area (Å²) in [6.07, 6.45) is -0.750. The zero-order valence-corrected chi connectivity index (χ0v) is 8.71. The van der Waals surface area contributed by atoms with Gasteiger partial charge in [0.1, 0.15) is 0 Å². The second-order valence-electron chi connectivity index (χ2n) is 3.21. The van der Waals surface area contributed by atoms with Gasteiger partial charge in [0.2, 0.25) is 5.88 Å². The van der Waals surface area contributed by atoms with Crippen LogP contribution in [-0.2, 0) is 6.54 Å². The smallest absolute Gasteiger partial charge is 0.253 e. The van der Waals surface area contributed by atoms with Gasteiger partial charge in [-0.25, -0.2) is 13.8 Å². The van der Waals surface area contributed by atoms with E-state index in [-0.39, 0.29) is 0 Å². The highest BCUT2D eigenvalue weighted by atomic mass is 19.3. The second-order valence-corrected chi connectivity index (χ2v) is 3.21. The molecule has 0 aliphatic carbocycles. The third-order valence-corrected chi connectivity index (χ3v) is 2.01. The Morgan fingerprint density at radius 2 is 2.20 bits per heavy atom. The van der Waals surface area contributed by atoms with Gasteiger partial charge in [0.15, 0.2) is 0 Å². The molecule has 1 aromatic heterocycles. The summed E-state index contributed by atoms with van der Waals surface area (Å²) in [5, 5.41) is 2.70. The van der Waals surface area contributed by atoms with E-state index in [9.17, 15) is 8.78 Å². The minimum absolute atomic E-state index is 0.377. The molecular formula is C10H14F2N2O. The number of methoxy groups -OCH3 is 1. The fourth-order valence-corrected chi connectivity index (χ4v) is 1.00. The van der Waals surface area contributed by atoms with E-state index >= 15 is 0 Å². The molecule has 3 nitrogen and oxygen atoms in total. The van der Waals surface area contributed by atoms with Crippen molar-refractivity contribution in [2.75, 3.05) is 7.11 Å². The summed E-state index contributed by atoms with van der Waals surface area (Å²) >= 11 is 0. The van der Waals surface area contributed by atoms with Gasteiger partial charge in [0.25, 0.3) is 6.43 Å². The lowest BCUT2D eigenvalue weighted by molar-refractivity contribution is 0.105. The number of nitrogens with zero attached hydrogens (tertiary/aromatic N) is 1. The lowest BCUT2D eigenvalue weighted by atomic mass is 10.2. The van der Waals surface area contributed by atoms with Crippen LogP contribution >= 0.6 is 0 Å². The van der Waals surface area contributed by atoms with Crippen LogP contribution in [0.2, 0.25) is 0 Å². The topological polar surface area (TPSA) is 34.1 Å². The van der Waals surface area contributed by atoms with Crippen LogP contribution in [0.4, 0.5) is 8.78 Å². The number of hydrogen-bond acceptors (Lipinski definition) is 3. The van der Waals surface area contributed by atoms with Gasteiger partial charge >= 0.3 is 0 Å². The van der Waals surface area contributed by atoms with Crippen LogP contribution in [0.3, 0.4) is 0 Å². The van der Waals surface area contributed by atoms with Gasteiger partial charge < -0.3 is 10.1 Å². The van der Waals surface area contributed by atoms with E-state index in [2.05, 4.69) is 10.3 Å². The molecule has 0 saturated carbocycles. The fourth-order valence-electron chi connectivity index (χ4n) is 1.00. The molecular weight excluding hydrogens is 202 g/mol. The van der Waals surface area contributed by atoms with Gasteiger partial charge in [0, 0.05) is 18.8 Å². The van der Waals surface area contributed by atoms with Crippen LogP contribution in [0.1, 0.15) is 12.5 Å². The molecule has 0 aliphatic heterocycles. The molecule has 1 aromatic rings. The van der Waals surface area contributed by atoms with Crippen molar-refractivity contribution >= 4 is 0 Å². The SMILES string of the molecule is COc1ccc(CNC(C)C(F)F)cn1. The summed E-state index contributed by atoms with van der Waals surface area (Å²) in [6, 6.07) is 2.67. The first-order chi connectivity index (χ1) is 7.13. The van der Waals surface area contributed by atoms with E-state index in [1.807, 2.05) is 0 Å². The average molecular weight is 216 g/mol. The Kier molecular flexibility index (Phi) is 4.42. The van der Waals surface area contributed by atoms with Crippen LogP contribution in [0.15, 0.2) is 18.3 Å². The number of pyridine rings is 1. The maximum absolute atomic E-state index is 12.2. The van der Waals surface area contributed by atoms with Crippen LogP contribution in [-0.4, -0.2) is 24.6 Å². The van der Waals surface area contributed by atoms with Crippen molar-refractivity contribution in [3.8, 4) is 5.88 Å². The van der Waals surface area contributed by atoms with Crippen LogP contribution in [0.25, 0.3) is 0 Å². The molecule has 0 fully saturated rings. The Bertz CT molecular complexity index is 290. The highest BCUT2D eigenvalue weighted by molar-refractivity contribution is 5.17. The summed E-state index contributed by atoms with van der Waals surface area (Å²) < 4.78 is 29.2. The Morgan fingerprint density at radius 1 is 1.47 bits per heavy atom. The summed E-state index contributed by atoms with van der Waals surface area (Å²) in [5.41, 5.74) is 0.850. The van der Waals surface area contributed by atoms with Crippen LogP contribution in [0.5, 0.6) is 5.88 Å². The summed E-state index contributed by atoms with van der Waals surface area (Å²) in [6.45, 7) is 1.82. The standard InChI is InChI=1S/C10H14F2N2O/c1-7(10(11)12)13-5-8-3-4-9(15-2)14-6-8/h3-4,6-7,10,13H,5H2,1-2H3. The Hall–Kier alpha value is -1.23. The fraction of sp³-hybridized carbons (Fsp3) is 0.500. The molecule has 1 heterocycles. The van der Waals surface area contributed by atoms with Gasteiger partial charge in [-0.05, 0) is 12.5 Å². The second kappa shape index (κ2) is 5.60. The zero-order chi connectivity index (χ0) is 11.3. The van der Waals surface area contributed by atoms with Crippen LogP contribution in [0, 0.1) is 0 Å². The number of rotatable bonds is 5. The molecule has 1 atom stereocenters. The molecule has 0 aliphatic rings. The largest absolute Gasteiger partial charge is 0.481 e. The quantitative estimate of drug-likeness (QED) is 0.815. The predicted octanol–water partition coefficient (Wildman–Crippen LogP) is 1.83. The lowest BCUT2D eigenvalue weighted by Crippen LogP contribution is -2.31. The molecule has 84 valence electrons. The minimum atomic E-state index is -2.35. The number of aromatic nitrogens is 1. The van der Waals surface area contributed by atoms with Crippen molar-refractivity contribution in [2.24, 2.45) is 0 Å². The molecule has 0 amide bonds. The summed E-state index contributed by atoms with van der Waals surface area (Å²) in [4.78, 5) is 3.97. The maximum atomic E-state index is 12.2. The third kappa shape index (κ3) is 3.79. The lowest BCUT2D eigenvalue weighted by Gasteiger charge is -2.12. The summed E-state index contributed by atoms with van der Waals surface area (Å²) in [7, 11) is 1.53. The Morgan fingerprint density at radius 3 is 2.67 bits per heavy atom. The minimum Gasteiger partial charge on any atom is -0.481 e.